The smallest absolute Gasteiger partial charge is 0.156 e. The number of hydrogen-bond acceptors (Lipinski definition) is 3. The maximum absolute atomic E-state index is 6.28. The normalized spacial score (nSPS) is 18.8. The van der Waals surface area contributed by atoms with Gasteiger partial charge < -0.3 is 10.1 Å². The molecule has 0 bridgehead atoms. The SMILES string of the molecule is CCCOc1c(Cl)cc(CNC[C@H]2CCCN2CC)cc1Cl. The zero-order valence-corrected chi connectivity index (χ0v) is 15.0. The average molecular weight is 345 g/mol. The summed E-state index contributed by atoms with van der Waals surface area (Å²) in [5.41, 5.74) is 1.10. The van der Waals surface area contributed by atoms with Crippen molar-refractivity contribution < 1.29 is 4.74 Å². The Morgan fingerprint density at radius 1 is 1.27 bits per heavy atom. The van der Waals surface area contributed by atoms with Gasteiger partial charge >= 0.3 is 0 Å². The first-order valence-corrected chi connectivity index (χ1v) is 8.96. The van der Waals surface area contributed by atoms with Crippen LogP contribution in [0.1, 0.15) is 38.7 Å². The lowest BCUT2D eigenvalue weighted by Gasteiger charge is -2.23. The van der Waals surface area contributed by atoms with Gasteiger partial charge in [0.15, 0.2) is 5.75 Å². The molecule has 1 aliphatic heterocycles. The van der Waals surface area contributed by atoms with Crippen molar-refractivity contribution in [3.8, 4) is 5.75 Å². The molecule has 0 radical (unpaired) electrons. The number of likely N-dealkylation sites (N-methyl/N-ethyl adjacent to an activating group) is 1. The number of nitrogens with one attached hydrogen (secondary N) is 1. The van der Waals surface area contributed by atoms with Crippen LogP contribution in [0.25, 0.3) is 0 Å². The molecule has 22 heavy (non-hydrogen) atoms. The predicted octanol–water partition coefficient (Wildman–Crippen LogP) is 4.36. The standard InChI is InChI=1S/C17H26Cl2N2O/c1-3-8-22-17-15(18)9-13(10-16(17)19)11-20-12-14-6-5-7-21(14)4-2/h9-10,14,20H,3-8,11-12H2,1-2H3/t14-/m1/s1. The molecule has 1 aliphatic rings. The minimum Gasteiger partial charge on any atom is -0.490 e. The molecule has 1 saturated heterocycles. The molecule has 0 aliphatic carbocycles. The molecule has 0 unspecified atom stereocenters. The number of benzene rings is 1. The fourth-order valence-electron chi connectivity index (χ4n) is 2.98. The van der Waals surface area contributed by atoms with E-state index in [1.54, 1.807) is 0 Å². The second-order valence-electron chi connectivity index (χ2n) is 5.79. The maximum atomic E-state index is 6.28. The van der Waals surface area contributed by atoms with Crippen molar-refractivity contribution in [2.75, 3.05) is 26.2 Å². The lowest BCUT2D eigenvalue weighted by molar-refractivity contribution is 0.260. The second kappa shape index (κ2) is 8.97. The number of ether oxygens (including phenoxy) is 1. The molecule has 1 aromatic rings. The monoisotopic (exact) mass is 344 g/mol. The van der Waals surface area contributed by atoms with Gasteiger partial charge in [-0.3, -0.25) is 4.90 Å². The molecule has 3 nitrogen and oxygen atoms in total. The maximum Gasteiger partial charge on any atom is 0.156 e. The summed E-state index contributed by atoms with van der Waals surface area (Å²) in [4.78, 5) is 2.54. The summed E-state index contributed by atoms with van der Waals surface area (Å²) in [5, 5.41) is 4.71. The van der Waals surface area contributed by atoms with E-state index in [-0.39, 0.29) is 0 Å². The van der Waals surface area contributed by atoms with E-state index in [1.165, 1.54) is 19.4 Å². The van der Waals surface area contributed by atoms with Crippen LogP contribution in [0.2, 0.25) is 10.0 Å². The van der Waals surface area contributed by atoms with Gasteiger partial charge in [-0.25, -0.2) is 0 Å². The molecule has 1 N–H and O–H groups in total. The molecular weight excluding hydrogens is 319 g/mol. The van der Waals surface area contributed by atoms with E-state index in [1.807, 2.05) is 12.1 Å². The van der Waals surface area contributed by atoms with Gasteiger partial charge in [-0.15, -0.1) is 0 Å². The van der Waals surface area contributed by atoms with Crippen molar-refractivity contribution in [3.05, 3.63) is 27.7 Å². The largest absolute Gasteiger partial charge is 0.490 e. The van der Waals surface area contributed by atoms with Crippen LogP contribution < -0.4 is 10.1 Å². The topological polar surface area (TPSA) is 24.5 Å². The summed E-state index contributed by atoms with van der Waals surface area (Å²) < 4.78 is 5.60. The van der Waals surface area contributed by atoms with E-state index in [2.05, 4.69) is 24.1 Å². The number of halogens is 2. The van der Waals surface area contributed by atoms with Crippen molar-refractivity contribution in [3.63, 3.8) is 0 Å². The fourth-order valence-corrected chi connectivity index (χ4v) is 3.62. The summed E-state index contributed by atoms with van der Waals surface area (Å²) in [5.74, 6) is 0.599. The average Bonchev–Trinajstić information content (AvgIpc) is 2.94. The Kier molecular flexibility index (Phi) is 7.29. The Hall–Kier alpha value is -0.480. The minimum atomic E-state index is 0.591. The summed E-state index contributed by atoms with van der Waals surface area (Å²) in [7, 11) is 0. The molecule has 0 amide bonds. The van der Waals surface area contributed by atoms with Crippen LogP contribution in [0, 0.1) is 0 Å². The molecule has 0 aromatic heterocycles. The Labute approximate surface area is 143 Å². The van der Waals surface area contributed by atoms with Gasteiger partial charge in [0.05, 0.1) is 16.7 Å². The molecule has 1 heterocycles. The van der Waals surface area contributed by atoms with E-state index in [9.17, 15) is 0 Å². The number of rotatable bonds is 8. The van der Waals surface area contributed by atoms with Gasteiger partial charge in [0.25, 0.3) is 0 Å². The van der Waals surface area contributed by atoms with Crippen LogP contribution in [0.3, 0.4) is 0 Å². The molecule has 1 aromatic carbocycles. The Balaban J connectivity index is 1.88. The van der Waals surface area contributed by atoms with E-state index in [0.717, 1.165) is 31.6 Å². The lowest BCUT2D eigenvalue weighted by Crippen LogP contribution is -2.37. The number of likely N-dealkylation sites (tertiary alicyclic amines) is 1. The third-order valence-corrected chi connectivity index (χ3v) is 4.68. The number of nitrogens with zero attached hydrogens (tertiary/aromatic N) is 1. The first-order chi connectivity index (χ1) is 10.7. The molecule has 1 fully saturated rings. The van der Waals surface area contributed by atoms with Crippen LogP contribution >= 0.6 is 23.2 Å². The first kappa shape index (κ1) is 17.9. The predicted molar refractivity (Wildman–Crippen MR) is 94.2 cm³/mol. The quantitative estimate of drug-likeness (QED) is 0.758. The Morgan fingerprint density at radius 3 is 2.64 bits per heavy atom. The van der Waals surface area contributed by atoms with Gasteiger partial charge in [0.2, 0.25) is 0 Å². The van der Waals surface area contributed by atoms with E-state index in [4.69, 9.17) is 27.9 Å². The third-order valence-electron chi connectivity index (χ3n) is 4.12. The minimum absolute atomic E-state index is 0.591. The van der Waals surface area contributed by atoms with E-state index in [0.29, 0.717) is 28.4 Å². The molecular formula is C17H26Cl2N2O. The van der Waals surface area contributed by atoms with Crippen molar-refractivity contribution in [1.82, 2.24) is 10.2 Å². The summed E-state index contributed by atoms with van der Waals surface area (Å²) in [6, 6.07) is 4.54. The molecule has 5 heteroatoms. The number of hydrogen-bond donors (Lipinski definition) is 1. The molecule has 0 saturated carbocycles. The van der Waals surface area contributed by atoms with Crippen LogP contribution in [-0.2, 0) is 6.54 Å². The lowest BCUT2D eigenvalue weighted by atomic mass is 10.2. The zero-order valence-electron chi connectivity index (χ0n) is 13.5. The summed E-state index contributed by atoms with van der Waals surface area (Å²) in [6.07, 6.45) is 3.53. The highest BCUT2D eigenvalue weighted by Gasteiger charge is 2.22. The highest BCUT2D eigenvalue weighted by atomic mass is 35.5. The van der Waals surface area contributed by atoms with Crippen LogP contribution in [-0.4, -0.2) is 37.2 Å². The highest BCUT2D eigenvalue weighted by Crippen LogP contribution is 2.34. The molecule has 2 rings (SSSR count). The molecule has 0 spiro atoms. The van der Waals surface area contributed by atoms with E-state index >= 15 is 0 Å². The van der Waals surface area contributed by atoms with Crippen molar-refractivity contribution in [2.45, 2.75) is 45.7 Å². The molecule has 1 atom stereocenters. The van der Waals surface area contributed by atoms with Gasteiger partial charge in [-0.2, -0.15) is 0 Å². The first-order valence-electron chi connectivity index (χ1n) is 8.21. The summed E-state index contributed by atoms with van der Waals surface area (Å²) >= 11 is 12.6. The fraction of sp³-hybridized carbons (Fsp3) is 0.647. The van der Waals surface area contributed by atoms with Crippen molar-refractivity contribution >= 4 is 23.2 Å². The zero-order chi connectivity index (χ0) is 15.9. The van der Waals surface area contributed by atoms with Gasteiger partial charge in [-0.1, -0.05) is 37.0 Å². The third kappa shape index (κ3) is 4.76. The van der Waals surface area contributed by atoms with Crippen LogP contribution in [0.4, 0.5) is 0 Å². The highest BCUT2D eigenvalue weighted by molar-refractivity contribution is 6.37. The van der Waals surface area contributed by atoms with Crippen LogP contribution in [0.15, 0.2) is 12.1 Å². The second-order valence-corrected chi connectivity index (χ2v) is 6.61. The van der Waals surface area contributed by atoms with Gasteiger partial charge in [-0.05, 0) is 50.0 Å². The molecule has 124 valence electrons. The van der Waals surface area contributed by atoms with Crippen LogP contribution in [0.5, 0.6) is 5.75 Å². The van der Waals surface area contributed by atoms with Gasteiger partial charge in [0, 0.05) is 19.1 Å². The van der Waals surface area contributed by atoms with Crippen molar-refractivity contribution in [2.24, 2.45) is 0 Å². The Bertz CT molecular complexity index is 459. The summed E-state index contributed by atoms with van der Waals surface area (Å²) in [6.45, 7) is 9.07. The van der Waals surface area contributed by atoms with E-state index < -0.39 is 0 Å². The van der Waals surface area contributed by atoms with Gasteiger partial charge in [0.1, 0.15) is 0 Å². The Morgan fingerprint density at radius 2 is 2.00 bits per heavy atom. The van der Waals surface area contributed by atoms with Crippen molar-refractivity contribution in [1.29, 1.82) is 0 Å².